The maximum absolute atomic E-state index is 5.43. The Kier molecular flexibility index (Phi) is 4.60. The maximum Gasteiger partial charge on any atom is 0.257 e. The molecule has 2 saturated heterocycles. The average molecular weight is 328 g/mol. The average Bonchev–Trinajstić information content (AvgIpc) is 3.29. The fourth-order valence-electron chi connectivity index (χ4n) is 3.27. The van der Waals surface area contributed by atoms with Gasteiger partial charge >= 0.3 is 0 Å². The molecule has 1 aromatic carbocycles. The van der Waals surface area contributed by atoms with Crippen LogP contribution in [0.25, 0.3) is 11.5 Å². The molecule has 1 atom stereocenters. The fourth-order valence-corrected chi connectivity index (χ4v) is 3.27. The Morgan fingerprint density at radius 2 is 1.92 bits per heavy atom. The van der Waals surface area contributed by atoms with E-state index in [1.54, 1.807) is 0 Å². The van der Waals surface area contributed by atoms with Gasteiger partial charge in [0.2, 0.25) is 0 Å². The molecule has 0 unspecified atom stereocenters. The predicted octanol–water partition coefficient (Wildman–Crippen LogP) is 1.99. The van der Waals surface area contributed by atoms with Gasteiger partial charge in [0.1, 0.15) is 0 Å². The van der Waals surface area contributed by atoms with Crippen LogP contribution in [0.5, 0.6) is 0 Å². The first kappa shape index (κ1) is 15.7. The summed E-state index contributed by atoms with van der Waals surface area (Å²) in [7, 11) is 2.18. The number of ether oxygens (including phenoxy) is 1. The van der Waals surface area contributed by atoms with Gasteiger partial charge in [-0.1, -0.05) is 17.3 Å². The van der Waals surface area contributed by atoms with Crippen LogP contribution in [-0.2, 0) is 11.3 Å². The van der Waals surface area contributed by atoms with E-state index in [1.807, 2.05) is 0 Å². The molecule has 0 saturated carbocycles. The lowest BCUT2D eigenvalue weighted by molar-refractivity contribution is 0.148. The summed E-state index contributed by atoms with van der Waals surface area (Å²) in [6, 6.07) is 8.48. The molecule has 128 valence electrons. The van der Waals surface area contributed by atoms with Gasteiger partial charge in [0.25, 0.3) is 5.89 Å². The highest BCUT2D eigenvalue weighted by molar-refractivity contribution is 5.53. The highest BCUT2D eigenvalue weighted by Crippen LogP contribution is 2.25. The van der Waals surface area contributed by atoms with Gasteiger partial charge in [-0.3, -0.25) is 4.90 Å². The van der Waals surface area contributed by atoms with E-state index in [0.29, 0.717) is 12.5 Å². The van der Waals surface area contributed by atoms with E-state index in [9.17, 15) is 0 Å². The second-order valence-electron chi connectivity index (χ2n) is 6.79. The number of aromatic nitrogens is 2. The maximum atomic E-state index is 5.43. The van der Waals surface area contributed by atoms with Crippen LogP contribution in [0, 0.1) is 0 Å². The minimum absolute atomic E-state index is 0.277. The number of piperazine rings is 1. The molecule has 6 heteroatoms. The number of likely N-dealkylation sites (N-methyl/N-ethyl adjacent to an activating group) is 1. The summed E-state index contributed by atoms with van der Waals surface area (Å²) in [5, 5.41) is 4.12. The van der Waals surface area contributed by atoms with Crippen molar-refractivity contribution in [2.75, 3.05) is 46.4 Å². The number of hydrogen-bond donors (Lipinski definition) is 0. The molecule has 0 radical (unpaired) electrons. The van der Waals surface area contributed by atoms with Gasteiger partial charge in [-0.25, -0.2) is 0 Å². The molecule has 0 bridgehead atoms. The Morgan fingerprint density at radius 3 is 2.62 bits per heavy atom. The summed E-state index contributed by atoms with van der Waals surface area (Å²) in [4.78, 5) is 9.42. The SMILES string of the molecule is CN1CCN(Cc2ccc(-c3nc([C@H]4CCOC4)no3)cc2)CC1. The monoisotopic (exact) mass is 328 g/mol. The van der Waals surface area contributed by atoms with Crippen molar-refractivity contribution in [1.82, 2.24) is 19.9 Å². The lowest BCUT2D eigenvalue weighted by Crippen LogP contribution is -2.43. The van der Waals surface area contributed by atoms with Gasteiger partial charge in [-0.05, 0) is 31.2 Å². The first-order valence-electron chi connectivity index (χ1n) is 8.69. The Hall–Kier alpha value is -1.76. The first-order valence-corrected chi connectivity index (χ1v) is 8.69. The summed E-state index contributed by atoms with van der Waals surface area (Å²) < 4.78 is 10.8. The van der Waals surface area contributed by atoms with Crippen molar-refractivity contribution in [3.05, 3.63) is 35.7 Å². The molecule has 2 aliphatic heterocycles. The third kappa shape index (κ3) is 3.50. The third-order valence-corrected chi connectivity index (χ3v) is 4.94. The number of hydrogen-bond acceptors (Lipinski definition) is 6. The van der Waals surface area contributed by atoms with Crippen molar-refractivity contribution >= 4 is 0 Å². The standard InChI is InChI=1S/C18H24N4O2/c1-21-7-9-22(10-8-21)12-14-2-4-15(5-3-14)18-19-17(20-24-18)16-6-11-23-13-16/h2-5,16H,6-13H2,1H3/t16-/m0/s1. The van der Waals surface area contributed by atoms with E-state index in [2.05, 4.69) is 51.3 Å². The molecule has 0 amide bonds. The zero-order chi connectivity index (χ0) is 16.4. The normalized spacial score (nSPS) is 23.0. The van der Waals surface area contributed by atoms with Crippen LogP contribution in [-0.4, -0.2) is 66.4 Å². The zero-order valence-corrected chi connectivity index (χ0v) is 14.1. The minimum Gasteiger partial charge on any atom is -0.381 e. The smallest absolute Gasteiger partial charge is 0.257 e. The summed E-state index contributed by atoms with van der Waals surface area (Å²) in [5.41, 5.74) is 2.31. The molecule has 0 N–H and O–H groups in total. The molecule has 24 heavy (non-hydrogen) atoms. The Labute approximate surface area is 142 Å². The molecule has 2 aromatic rings. The first-order chi connectivity index (χ1) is 11.8. The number of benzene rings is 1. The number of nitrogens with zero attached hydrogens (tertiary/aromatic N) is 4. The summed E-state index contributed by atoms with van der Waals surface area (Å²) >= 11 is 0. The second kappa shape index (κ2) is 7.01. The van der Waals surface area contributed by atoms with Crippen LogP contribution in [0.1, 0.15) is 23.7 Å². The van der Waals surface area contributed by atoms with E-state index in [1.165, 1.54) is 5.56 Å². The number of rotatable bonds is 4. The third-order valence-electron chi connectivity index (χ3n) is 4.94. The van der Waals surface area contributed by atoms with Crippen molar-refractivity contribution in [2.45, 2.75) is 18.9 Å². The van der Waals surface area contributed by atoms with Crippen LogP contribution in [0.4, 0.5) is 0 Å². The predicted molar refractivity (Wildman–Crippen MR) is 90.7 cm³/mol. The van der Waals surface area contributed by atoms with Crippen LogP contribution < -0.4 is 0 Å². The van der Waals surface area contributed by atoms with Crippen molar-refractivity contribution < 1.29 is 9.26 Å². The molecule has 1 aromatic heterocycles. The highest BCUT2D eigenvalue weighted by atomic mass is 16.5. The molecule has 3 heterocycles. The van der Waals surface area contributed by atoms with E-state index >= 15 is 0 Å². The molecule has 6 nitrogen and oxygen atoms in total. The zero-order valence-electron chi connectivity index (χ0n) is 14.1. The van der Waals surface area contributed by atoms with Gasteiger partial charge in [0.15, 0.2) is 5.82 Å². The fraction of sp³-hybridized carbons (Fsp3) is 0.556. The summed E-state index contributed by atoms with van der Waals surface area (Å²) in [6.45, 7) is 7.05. The van der Waals surface area contributed by atoms with E-state index in [-0.39, 0.29) is 5.92 Å². The molecule has 0 spiro atoms. The largest absolute Gasteiger partial charge is 0.381 e. The van der Waals surface area contributed by atoms with Crippen molar-refractivity contribution in [3.63, 3.8) is 0 Å². The lowest BCUT2D eigenvalue weighted by atomic mass is 10.1. The minimum atomic E-state index is 0.277. The van der Waals surface area contributed by atoms with Crippen LogP contribution in [0.2, 0.25) is 0 Å². The van der Waals surface area contributed by atoms with E-state index < -0.39 is 0 Å². The topological polar surface area (TPSA) is 54.6 Å². The van der Waals surface area contributed by atoms with Crippen LogP contribution >= 0.6 is 0 Å². The molecule has 2 aliphatic rings. The summed E-state index contributed by atoms with van der Waals surface area (Å²) in [5.74, 6) is 1.64. The Bertz CT molecular complexity index is 656. The molecule has 4 rings (SSSR count). The molecular formula is C18H24N4O2. The second-order valence-corrected chi connectivity index (χ2v) is 6.79. The van der Waals surface area contributed by atoms with E-state index in [0.717, 1.165) is 57.1 Å². The molecule has 2 fully saturated rings. The molecule has 0 aliphatic carbocycles. The highest BCUT2D eigenvalue weighted by Gasteiger charge is 2.23. The lowest BCUT2D eigenvalue weighted by Gasteiger charge is -2.32. The van der Waals surface area contributed by atoms with Crippen molar-refractivity contribution in [1.29, 1.82) is 0 Å². The summed E-state index contributed by atoms with van der Waals surface area (Å²) in [6.07, 6.45) is 0.975. The van der Waals surface area contributed by atoms with Gasteiger partial charge in [-0.2, -0.15) is 4.98 Å². The van der Waals surface area contributed by atoms with Crippen molar-refractivity contribution in [3.8, 4) is 11.5 Å². The Morgan fingerprint density at radius 1 is 1.12 bits per heavy atom. The van der Waals surface area contributed by atoms with Gasteiger partial charge in [0.05, 0.1) is 6.61 Å². The molecular weight excluding hydrogens is 304 g/mol. The Balaban J connectivity index is 1.40. The van der Waals surface area contributed by atoms with Gasteiger partial charge in [-0.15, -0.1) is 0 Å². The van der Waals surface area contributed by atoms with Gasteiger partial charge < -0.3 is 14.2 Å². The van der Waals surface area contributed by atoms with Crippen LogP contribution in [0.3, 0.4) is 0 Å². The van der Waals surface area contributed by atoms with E-state index in [4.69, 9.17) is 9.26 Å². The quantitative estimate of drug-likeness (QED) is 0.855. The van der Waals surface area contributed by atoms with Crippen LogP contribution in [0.15, 0.2) is 28.8 Å². The van der Waals surface area contributed by atoms with Crippen molar-refractivity contribution in [2.24, 2.45) is 0 Å². The van der Waals surface area contributed by atoms with Gasteiger partial charge in [0, 0.05) is 50.8 Å².